The number of phenols is 3. The highest BCUT2D eigenvalue weighted by atomic mass is 16.3. The molecule has 0 saturated heterocycles. The Morgan fingerprint density at radius 2 is 1.18 bits per heavy atom. The van der Waals surface area contributed by atoms with Crippen molar-refractivity contribution in [3.8, 4) is 17.2 Å². The topological polar surface area (TPSA) is 60.7 Å². The van der Waals surface area contributed by atoms with Gasteiger partial charge in [0.05, 0.1) is 0 Å². The highest BCUT2D eigenvalue weighted by Crippen LogP contribution is 2.36. The maximum atomic E-state index is 9.66. The summed E-state index contributed by atoms with van der Waals surface area (Å²) in [6, 6.07) is 22.8. The van der Waals surface area contributed by atoms with Gasteiger partial charge in [-0.3, -0.25) is 0 Å². The molecule has 0 unspecified atom stereocenters. The monoisotopic (exact) mass is 532 g/mol. The normalized spacial score (nSPS) is 13.1. The van der Waals surface area contributed by atoms with E-state index in [0.29, 0.717) is 23.2 Å². The summed E-state index contributed by atoms with van der Waals surface area (Å²) in [5.41, 5.74) is 3.73. The molecule has 0 bridgehead atoms. The molecule has 39 heavy (non-hydrogen) atoms. The lowest BCUT2D eigenvalue weighted by atomic mass is 9.84. The van der Waals surface area contributed by atoms with E-state index in [4.69, 9.17) is 5.11 Å². The average molecular weight is 533 g/mol. The van der Waals surface area contributed by atoms with E-state index in [1.54, 1.807) is 24.3 Å². The molecule has 0 spiro atoms. The molecule has 1 fully saturated rings. The molecule has 4 rings (SSSR count). The molecule has 0 aromatic heterocycles. The zero-order valence-electron chi connectivity index (χ0n) is 24.5. The second-order valence-electron chi connectivity index (χ2n) is 10.9. The van der Waals surface area contributed by atoms with E-state index in [0.717, 1.165) is 18.4 Å². The van der Waals surface area contributed by atoms with Crippen molar-refractivity contribution in [2.24, 2.45) is 0 Å². The standard InChI is InChI=1S/C12H16O.2C12H18O/c13-12-9-5-4-8-11(12)10-6-2-1-3-7-10;1-2-3-4-5-7-11-8-6-9-12(13)10-11;1-2-3-4-5-6-11-7-9-12(13)10-8-11/h4-5,8-10,13H,1-3,6-7H2;6,8-10,13H,2-5,7H2,1H3;7-10,13H,2-6H2,1H3. The summed E-state index contributed by atoms with van der Waals surface area (Å²) in [5.74, 6) is 1.83. The minimum absolute atomic E-state index is 0.359. The van der Waals surface area contributed by atoms with E-state index in [1.807, 2.05) is 36.4 Å². The highest BCUT2D eigenvalue weighted by Gasteiger charge is 2.17. The number of para-hydroxylation sites is 1. The van der Waals surface area contributed by atoms with Gasteiger partial charge in [0, 0.05) is 0 Å². The maximum absolute atomic E-state index is 9.66. The Labute approximate surface area is 238 Å². The smallest absolute Gasteiger partial charge is 0.119 e. The third-order valence-corrected chi connectivity index (χ3v) is 7.47. The van der Waals surface area contributed by atoms with Crippen LogP contribution in [0.25, 0.3) is 0 Å². The summed E-state index contributed by atoms with van der Waals surface area (Å²) in [7, 11) is 0. The third-order valence-electron chi connectivity index (χ3n) is 7.47. The number of unbranched alkanes of at least 4 members (excludes halogenated alkanes) is 6. The quantitative estimate of drug-likeness (QED) is 0.215. The van der Waals surface area contributed by atoms with Crippen LogP contribution in [0.3, 0.4) is 0 Å². The summed E-state index contributed by atoms with van der Waals surface area (Å²) in [6.07, 6.45) is 19.1. The van der Waals surface area contributed by atoms with Gasteiger partial charge >= 0.3 is 0 Å². The molecule has 0 radical (unpaired) electrons. The van der Waals surface area contributed by atoms with Gasteiger partial charge in [0.15, 0.2) is 0 Å². The average Bonchev–Trinajstić information content (AvgIpc) is 2.96. The van der Waals surface area contributed by atoms with Gasteiger partial charge in [0.25, 0.3) is 0 Å². The first-order valence-electron chi connectivity index (χ1n) is 15.4. The number of aromatic hydroxyl groups is 3. The molecule has 1 aliphatic carbocycles. The minimum Gasteiger partial charge on any atom is -0.508 e. The van der Waals surface area contributed by atoms with Gasteiger partial charge in [-0.15, -0.1) is 0 Å². The number of hydrogen-bond acceptors (Lipinski definition) is 3. The van der Waals surface area contributed by atoms with Crippen LogP contribution in [0, 0.1) is 0 Å². The summed E-state index contributed by atoms with van der Waals surface area (Å²) >= 11 is 0. The van der Waals surface area contributed by atoms with E-state index in [-0.39, 0.29) is 0 Å². The van der Waals surface area contributed by atoms with Gasteiger partial charge in [-0.1, -0.05) is 114 Å². The Balaban J connectivity index is 0.000000205. The SMILES string of the molecule is CCCCCCc1ccc(O)cc1.CCCCCCc1cccc(O)c1.Oc1ccccc1C1CCCCC1. The first-order chi connectivity index (χ1) is 19.0. The first kappa shape index (κ1) is 32.3. The van der Waals surface area contributed by atoms with E-state index in [2.05, 4.69) is 26.0 Å². The van der Waals surface area contributed by atoms with Crippen LogP contribution in [0.4, 0.5) is 0 Å². The van der Waals surface area contributed by atoms with Crippen molar-refractivity contribution in [3.63, 3.8) is 0 Å². The van der Waals surface area contributed by atoms with Gasteiger partial charge < -0.3 is 15.3 Å². The fourth-order valence-corrected chi connectivity index (χ4v) is 5.13. The van der Waals surface area contributed by atoms with Crippen LogP contribution >= 0.6 is 0 Å². The van der Waals surface area contributed by atoms with Crippen LogP contribution in [-0.4, -0.2) is 15.3 Å². The molecule has 3 nitrogen and oxygen atoms in total. The van der Waals surface area contributed by atoms with Gasteiger partial charge in [-0.25, -0.2) is 0 Å². The van der Waals surface area contributed by atoms with Gasteiger partial charge in [0.2, 0.25) is 0 Å². The van der Waals surface area contributed by atoms with Crippen LogP contribution in [0.15, 0.2) is 72.8 Å². The summed E-state index contributed by atoms with van der Waals surface area (Å²) in [6.45, 7) is 4.44. The van der Waals surface area contributed by atoms with Crippen molar-refractivity contribution in [1.82, 2.24) is 0 Å². The molecule has 3 heteroatoms. The number of hydrogen-bond donors (Lipinski definition) is 3. The van der Waals surface area contributed by atoms with Crippen molar-refractivity contribution in [2.75, 3.05) is 0 Å². The molecule has 1 aliphatic rings. The second kappa shape index (κ2) is 20.0. The van der Waals surface area contributed by atoms with E-state index in [9.17, 15) is 10.2 Å². The molecule has 3 aromatic rings. The molecule has 0 atom stereocenters. The van der Waals surface area contributed by atoms with Crippen LogP contribution in [0.1, 0.15) is 120 Å². The lowest BCUT2D eigenvalue weighted by Crippen LogP contribution is -2.04. The summed E-state index contributed by atoms with van der Waals surface area (Å²) in [5, 5.41) is 27.9. The fourth-order valence-electron chi connectivity index (χ4n) is 5.13. The predicted molar refractivity (Wildman–Crippen MR) is 166 cm³/mol. The first-order valence-corrected chi connectivity index (χ1v) is 15.4. The number of aryl methyl sites for hydroxylation is 2. The zero-order valence-corrected chi connectivity index (χ0v) is 24.5. The maximum Gasteiger partial charge on any atom is 0.119 e. The molecule has 0 aliphatic heterocycles. The van der Waals surface area contributed by atoms with Crippen molar-refractivity contribution in [3.05, 3.63) is 89.5 Å². The van der Waals surface area contributed by atoms with Gasteiger partial charge in [-0.2, -0.15) is 0 Å². The molecule has 3 aromatic carbocycles. The van der Waals surface area contributed by atoms with E-state index in [1.165, 1.54) is 94.6 Å². The lowest BCUT2D eigenvalue weighted by Gasteiger charge is -2.22. The second-order valence-corrected chi connectivity index (χ2v) is 10.9. The Morgan fingerprint density at radius 1 is 0.564 bits per heavy atom. The summed E-state index contributed by atoms with van der Waals surface area (Å²) in [4.78, 5) is 0. The Hall–Kier alpha value is -2.94. The predicted octanol–water partition coefficient (Wildman–Crippen LogP) is 10.5. The molecule has 0 heterocycles. The Kier molecular flexibility index (Phi) is 16.6. The molecule has 1 saturated carbocycles. The molecule has 0 amide bonds. The van der Waals surface area contributed by atoms with Crippen molar-refractivity contribution in [2.45, 2.75) is 116 Å². The Bertz CT molecular complexity index is 1010. The number of rotatable bonds is 11. The number of benzene rings is 3. The Morgan fingerprint density at radius 3 is 1.77 bits per heavy atom. The van der Waals surface area contributed by atoms with Crippen molar-refractivity contribution in [1.29, 1.82) is 0 Å². The van der Waals surface area contributed by atoms with Crippen LogP contribution in [-0.2, 0) is 12.8 Å². The molecule has 214 valence electrons. The largest absolute Gasteiger partial charge is 0.508 e. The van der Waals surface area contributed by atoms with Crippen LogP contribution in [0.5, 0.6) is 17.2 Å². The molecular weight excluding hydrogens is 480 g/mol. The highest BCUT2D eigenvalue weighted by molar-refractivity contribution is 5.35. The van der Waals surface area contributed by atoms with Crippen LogP contribution < -0.4 is 0 Å². The van der Waals surface area contributed by atoms with E-state index >= 15 is 0 Å². The number of phenolic OH excluding ortho intramolecular Hbond substituents is 3. The van der Waals surface area contributed by atoms with Gasteiger partial charge in [0.1, 0.15) is 17.2 Å². The van der Waals surface area contributed by atoms with E-state index < -0.39 is 0 Å². The lowest BCUT2D eigenvalue weighted by molar-refractivity contribution is 0.414. The summed E-state index contributed by atoms with van der Waals surface area (Å²) < 4.78 is 0. The molecule has 3 N–H and O–H groups in total. The third kappa shape index (κ3) is 14.1. The van der Waals surface area contributed by atoms with Crippen molar-refractivity contribution < 1.29 is 15.3 Å². The van der Waals surface area contributed by atoms with Crippen molar-refractivity contribution >= 4 is 0 Å². The molecular formula is C36H52O3. The zero-order chi connectivity index (χ0) is 28.1. The minimum atomic E-state index is 0.359. The fraction of sp³-hybridized carbons (Fsp3) is 0.500. The van der Waals surface area contributed by atoms with Gasteiger partial charge in [-0.05, 0) is 91.5 Å². The van der Waals surface area contributed by atoms with Crippen LogP contribution in [0.2, 0.25) is 0 Å².